The Hall–Kier alpha value is -1.25. The van der Waals surface area contributed by atoms with E-state index in [1.807, 2.05) is 23.9 Å². The molecule has 0 N–H and O–H groups in total. The molecule has 0 unspecified atom stereocenters. The Morgan fingerprint density at radius 2 is 2.36 bits per heavy atom. The van der Waals surface area contributed by atoms with Crippen molar-refractivity contribution in [3.63, 3.8) is 0 Å². The van der Waals surface area contributed by atoms with Crippen LogP contribution in [0.3, 0.4) is 0 Å². The lowest BCUT2D eigenvalue weighted by atomic mass is 9.97. The molecule has 2 nitrogen and oxygen atoms in total. The molecule has 0 saturated carbocycles. The maximum Gasteiger partial charge on any atom is 0.142 e. The molecule has 0 radical (unpaired) electrons. The van der Waals surface area contributed by atoms with Crippen LogP contribution in [-0.4, -0.2) is 17.4 Å². The van der Waals surface area contributed by atoms with Crippen molar-refractivity contribution >= 4 is 24.3 Å². The van der Waals surface area contributed by atoms with Crippen molar-refractivity contribution in [2.75, 3.05) is 0 Å². The Bertz CT molecular complexity index is 356. The highest BCUT2D eigenvalue weighted by Gasteiger charge is 2.00. The van der Waals surface area contributed by atoms with Crippen LogP contribution in [0, 0.1) is 0 Å². The van der Waals surface area contributed by atoms with E-state index in [0.29, 0.717) is 0 Å². The van der Waals surface area contributed by atoms with Crippen molar-refractivity contribution in [3.05, 3.63) is 24.5 Å². The standard InChI is InChI=1S/C8H9BN2/c1-11-5-7(9)6-3-2-4-10-8(6)11/h2-5H,9H2,1H3. The molecule has 0 fully saturated rings. The average Bonchev–Trinajstić information content (AvgIpc) is 2.30. The minimum absolute atomic E-state index is 1.06. The quantitative estimate of drug-likeness (QED) is 0.469. The fourth-order valence-electron chi connectivity index (χ4n) is 1.41. The molecule has 2 aromatic heterocycles. The van der Waals surface area contributed by atoms with Gasteiger partial charge in [-0.05, 0) is 12.3 Å². The largest absolute Gasteiger partial charge is 0.336 e. The smallest absolute Gasteiger partial charge is 0.142 e. The van der Waals surface area contributed by atoms with E-state index >= 15 is 0 Å². The topological polar surface area (TPSA) is 17.8 Å². The van der Waals surface area contributed by atoms with Gasteiger partial charge in [0.1, 0.15) is 13.5 Å². The van der Waals surface area contributed by atoms with Crippen molar-refractivity contribution in [1.29, 1.82) is 0 Å². The van der Waals surface area contributed by atoms with Crippen LogP contribution < -0.4 is 5.46 Å². The molecule has 0 aliphatic heterocycles. The zero-order valence-electron chi connectivity index (χ0n) is 6.70. The highest BCUT2D eigenvalue weighted by atomic mass is 15.0. The molecule has 11 heavy (non-hydrogen) atoms. The summed E-state index contributed by atoms with van der Waals surface area (Å²) in [5.74, 6) is 0. The maximum absolute atomic E-state index is 4.26. The van der Waals surface area contributed by atoms with Crippen molar-refractivity contribution in [1.82, 2.24) is 9.55 Å². The Kier molecular flexibility index (Phi) is 1.25. The summed E-state index contributed by atoms with van der Waals surface area (Å²) in [5.41, 5.74) is 2.35. The predicted octanol–water partition coefficient (Wildman–Crippen LogP) is -0.168. The monoisotopic (exact) mass is 144 g/mol. The molecule has 2 rings (SSSR count). The van der Waals surface area contributed by atoms with Gasteiger partial charge in [-0.3, -0.25) is 0 Å². The summed E-state index contributed by atoms with van der Waals surface area (Å²) in [6, 6.07) is 4.06. The molecule has 0 aliphatic rings. The number of nitrogens with zero attached hydrogens (tertiary/aromatic N) is 2. The van der Waals surface area contributed by atoms with Crippen molar-refractivity contribution in [3.8, 4) is 0 Å². The molecule has 0 atom stereocenters. The van der Waals surface area contributed by atoms with Crippen LogP contribution >= 0.6 is 0 Å². The second kappa shape index (κ2) is 2.12. The predicted molar refractivity (Wildman–Crippen MR) is 48.9 cm³/mol. The third-order valence-electron chi connectivity index (χ3n) is 1.93. The summed E-state index contributed by atoms with van der Waals surface area (Å²) < 4.78 is 2.05. The third kappa shape index (κ3) is 0.844. The first kappa shape index (κ1) is 6.46. The number of fused-ring (bicyclic) bond motifs is 1. The van der Waals surface area contributed by atoms with Crippen molar-refractivity contribution < 1.29 is 0 Å². The van der Waals surface area contributed by atoms with Gasteiger partial charge in [-0.25, -0.2) is 4.98 Å². The van der Waals surface area contributed by atoms with Gasteiger partial charge < -0.3 is 4.57 Å². The number of pyridine rings is 1. The van der Waals surface area contributed by atoms with E-state index in [0.717, 1.165) is 5.65 Å². The zero-order valence-corrected chi connectivity index (χ0v) is 6.70. The zero-order chi connectivity index (χ0) is 7.84. The van der Waals surface area contributed by atoms with Gasteiger partial charge in [0.25, 0.3) is 0 Å². The van der Waals surface area contributed by atoms with Crippen LogP contribution in [0.4, 0.5) is 0 Å². The summed E-state index contributed by atoms with van der Waals surface area (Å²) >= 11 is 0. The average molecular weight is 144 g/mol. The van der Waals surface area contributed by atoms with Crippen LogP contribution in [-0.2, 0) is 7.05 Å². The fraction of sp³-hybridized carbons (Fsp3) is 0.125. The van der Waals surface area contributed by atoms with E-state index in [9.17, 15) is 0 Å². The van der Waals surface area contributed by atoms with Crippen LogP contribution in [0.15, 0.2) is 24.5 Å². The van der Waals surface area contributed by atoms with Crippen molar-refractivity contribution in [2.24, 2.45) is 7.05 Å². The number of rotatable bonds is 0. The third-order valence-corrected chi connectivity index (χ3v) is 1.93. The maximum atomic E-state index is 4.26. The molecule has 0 spiro atoms. The Balaban J connectivity index is 2.95. The van der Waals surface area contributed by atoms with E-state index in [4.69, 9.17) is 0 Å². The Morgan fingerprint density at radius 1 is 1.55 bits per heavy atom. The van der Waals surface area contributed by atoms with Gasteiger partial charge in [-0.2, -0.15) is 0 Å². The molecule has 0 bridgehead atoms. The van der Waals surface area contributed by atoms with E-state index in [2.05, 4.69) is 25.1 Å². The summed E-state index contributed by atoms with van der Waals surface area (Å²) in [5, 5.41) is 1.25. The molecule has 0 saturated heterocycles. The lowest BCUT2D eigenvalue weighted by Crippen LogP contribution is -1.97. The highest BCUT2D eigenvalue weighted by Crippen LogP contribution is 2.06. The molecule has 0 aliphatic carbocycles. The van der Waals surface area contributed by atoms with Gasteiger partial charge in [-0.1, -0.05) is 11.5 Å². The Labute approximate surface area is 66.3 Å². The van der Waals surface area contributed by atoms with Crippen LogP contribution in [0.5, 0.6) is 0 Å². The summed E-state index contributed by atoms with van der Waals surface area (Å²) in [6.07, 6.45) is 3.92. The molecular formula is C8H9BN2. The van der Waals surface area contributed by atoms with E-state index in [1.54, 1.807) is 0 Å². The second-order valence-electron chi connectivity index (χ2n) is 2.80. The fourth-order valence-corrected chi connectivity index (χ4v) is 1.41. The van der Waals surface area contributed by atoms with Crippen LogP contribution in [0.1, 0.15) is 0 Å². The first-order valence-corrected chi connectivity index (χ1v) is 3.65. The lowest BCUT2D eigenvalue weighted by molar-refractivity contribution is 0.951. The second-order valence-corrected chi connectivity index (χ2v) is 2.80. The lowest BCUT2D eigenvalue weighted by Gasteiger charge is -1.91. The minimum Gasteiger partial charge on any atom is -0.336 e. The normalized spacial score (nSPS) is 10.6. The SMILES string of the molecule is Bc1cn(C)c2ncccc12. The first-order chi connectivity index (χ1) is 5.29. The van der Waals surface area contributed by atoms with Crippen LogP contribution in [0.25, 0.3) is 11.0 Å². The minimum atomic E-state index is 1.06. The number of hydrogen-bond acceptors (Lipinski definition) is 1. The van der Waals surface area contributed by atoms with Gasteiger partial charge in [0, 0.05) is 18.6 Å². The highest BCUT2D eigenvalue weighted by molar-refractivity contribution is 6.38. The molecule has 0 aromatic carbocycles. The molecule has 2 aromatic rings. The van der Waals surface area contributed by atoms with Gasteiger partial charge >= 0.3 is 0 Å². The first-order valence-electron chi connectivity index (χ1n) is 3.65. The van der Waals surface area contributed by atoms with Gasteiger partial charge in [-0.15, -0.1) is 0 Å². The molecule has 0 amide bonds. The van der Waals surface area contributed by atoms with Crippen LogP contribution in [0.2, 0.25) is 0 Å². The van der Waals surface area contributed by atoms with Gasteiger partial charge in [0.05, 0.1) is 0 Å². The number of aryl methyl sites for hydroxylation is 1. The van der Waals surface area contributed by atoms with E-state index < -0.39 is 0 Å². The molecule has 54 valence electrons. The molecular weight excluding hydrogens is 135 g/mol. The molecule has 3 heteroatoms. The number of aromatic nitrogens is 2. The number of hydrogen-bond donors (Lipinski definition) is 0. The van der Waals surface area contributed by atoms with Gasteiger partial charge in [0.15, 0.2) is 0 Å². The summed E-state index contributed by atoms with van der Waals surface area (Å²) in [7, 11) is 4.12. The summed E-state index contributed by atoms with van der Waals surface area (Å²) in [6.45, 7) is 0. The Morgan fingerprint density at radius 3 is 3.09 bits per heavy atom. The van der Waals surface area contributed by atoms with E-state index in [-0.39, 0.29) is 0 Å². The van der Waals surface area contributed by atoms with Gasteiger partial charge in [0.2, 0.25) is 0 Å². The molecule has 2 heterocycles. The van der Waals surface area contributed by atoms with E-state index in [1.165, 1.54) is 10.8 Å². The summed E-state index contributed by atoms with van der Waals surface area (Å²) in [4.78, 5) is 4.26. The van der Waals surface area contributed by atoms with Crippen molar-refractivity contribution in [2.45, 2.75) is 0 Å².